The molecule has 3 N–H and O–H groups in total. The van der Waals surface area contributed by atoms with Crippen molar-refractivity contribution in [3.05, 3.63) is 0 Å². The largest absolute Gasteiger partial charge is 0.480 e. The lowest BCUT2D eigenvalue weighted by molar-refractivity contribution is -0.138. The SMILES string of the molecule is C[C@@H](NC(=O)NC1CN2CCC1CC2)C(=O)O. The minimum absolute atomic E-state index is 0.165. The van der Waals surface area contributed by atoms with E-state index in [1.165, 1.54) is 6.92 Å². The minimum Gasteiger partial charge on any atom is -0.480 e. The molecule has 0 aliphatic carbocycles. The van der Waals surface area contributed by atoms with E-state index < -0.39 is 12.0 Å². The second-order valence-electron chi connectivity index (χ2n) is 4.92. The molecule has 3 heterocycles. The van der Waals surface area contributed by atoms with E-state index in [0.717, 1.165) is 32.5 Å². The van der Waals surface area contributed by atoms with Gasteiger partial charge in [-0.25, -0.2) is 4.79 Å². The van der Waals surface area contributed by atoms with Gasteiger partial charge in [-0.1, -0.05) is 0 Å². The van der Waals surface area contributed by atoms with Crippen LogP contribution in [-0.4, -0.2) is 53.7 Å². The fourth-order valence-electron chi connectivity index (χ4n) is 2.60. The number of carbonyl (C=O) groups is 2. The molecule has 96 valence electrons. The third-order valence-corrected chi connectivity index (χ3v) is 3.69. The van der Waals surface area contributed by atoms with Gasteiger partial charge in [-0.2, -0.15) is 0 Å². The van der Waals surface area contributed by atoms with Crippen molar-refractivity contribution in [2.24, 2.45) is 5.92 Å². The molecule has 0 aromatic rings. The molecule has 1 unspecified atom stereocenters. The van der Waals surface area contributed by atoms with E-state index >= 15 is 0 Å². The number of fused-ring (bicyclic) bond motifs is 3. The summed E-state index contributed by atoms with van der Waals surface area (Å²) in [6, 6.07) is -1.06. The van der Waals surface area contributed by atoms with Crippen LogP contribution in [0.5, 0.6) is 0 Å². The lowest BCUT2D eigenvalue weighted by Crippen LogP contribution is -2.59. The van der Waals surface area contributed by atoms with E-state index in [1.54, 1.807) is 0 Å². The Bertz CT molecular complexity index is 313. The van der Waals surface area contributed by atoms with Gasteiger partial charge < -0.3 is 20.6 Å². The van der Waals surface area contributed by atoms with Crippen LogP contribution in [0.25, 0.3) is 0 Å². The molecule has 2 atom stereocenters. The number of urea groups is 1. The number of hydrogen-bond donors (Lipinski definition) is 3. The standard InChI is InChI=1S/C11H19N3O3/c1-7(10(15)16)12-11(17)13-9-6-14-4-2-8(9)3-5-14/h7-9H,2-6H2,1H3,(H,15,16)(H2,12,13,17)/t7-,9?/m1/s1. The smallest absolute Gasteiger partial charge is 0.325 e. The number of amides is 2. The molecule has 17 heavy (non-hydrogen) atoms. The van der Waals surface area contributed by atoms with Gasteiger partial charge in [-0.3, -0.25) is 4.79 Å². The third kappa shape index (κ3) is 2.88. The molecular formula is C11H19N3O3. The normalized spacial score (nSPS) is 32.9. The first-order valence-electron chi connectivity index (χ1n) is 6.08. The molecule has 3 aliphatic rings. The molecule has 0 aromatic heterocycles. The van der Waals surface area contributed by atoms with Gasteiger partial charge in [0.2, 0.25) is 0 Å². The van der Waals surface area contributed by atoms with E-state index in [9.17, 15) is 9.59 Å². The molecule has 6 heteroatoms. The fraction of sp³-hybridized carbons (Fsp3) is 0.818. The maximum Gasteiger partial charge on any atom is 0.325 e. The summed E-state index contributed by atoms with van der Waals surface area (Å²) < 4.78 is 0. The van der Waals surface area contributed by atoms with E-state index in [0.29, 0.717) is 5.92 Å². The number of hydrogen-bond acceptors (Lipinski definition) is 3. The highest BCUT2D eigenvalue weighted by Crippen LogP contribution is 2.27. The number of carboxylic acids is 1. The lowest BCUT2D eigenvalue weighted by atomic mass is 9.84. The molecule has 0 saturated carbocycles. The molecule has 0 radical (unpaired) electrons. The zero-order valence-corrected chi connectivity index (χ0v) is 9.98. The topological polar surface area (TPSA) is 81.7 Å². The second-order valence-corrected chi connectivity index (χ2v) is 4.92. The minimum atomic E-state index is -1.02. The van der Waals surface area contributed by atoms with Gasteiger partial charge in [0.05, 0.1) is 0 Å². The van der Waals surface area contributed by atoms with Gasteiger partial charge in [-0.05, 0) is 38.8 Å². The van der Waals surface area contributed by atoms with Crippen LogP contribution >= 0.6 is 0 Å². The van der Waals surface area contributed by atoms with Gasteiger partial charge in [0, 0.05) is 12.6 Å². The number of piperidine rings is 3. The Morgan fingerprint density at radius 1 is 1.35 bits per heavy atom. The van der Waals surface area contributed by atoms with E-state index in [4.69, 9.17) is 5.11 Å². The molecule has 0 spiro atoms. The van der Waals surface area contributed by atoms with Crippen LogP contribution in [0.15, 0.2) is 0 Å². The average molecular weight is 241 g/mol. The molecule has 3 saturated heterocycles. The number of carboxylic acid groups (broad SMARTS) is 1. The fourth-order valence-corrected chi connectivity index (χ4v) is 2.60. The highest BCUT2D eigenvalue weighted by atomic mass is 16.4. The molecule has 3 rings (SSSR count). The zero-order chi connectivity index (χ0) is 12.4. The third-order valence-electron chi connectivity index (χ3n) is 3.69. The van der Waals surface area contributed by atoms with Gasteiger partial charge in [0.1, 0.15) is 6.04 Å². The predicted molar refractivity (Wildman–Crippen MR) is 61.7 cm³/mol. The summed E-state index contributed by atoms with van der Waals surface area (Å²) in [5.41, 5.74) is 0. The summed E-state index contributed by atoms with van der Waals surface area (Å²) in [5.74, 6) is -0.472. The number of nitrogens with one attached hydrogen (secondary N) is 2. The van der Waals surface area contributed by atoms with Crippen molar-refractivity contribution in [2.75, 3.05) is 19.6 Å². The number of carbonyl (C=O) groups excluding carboxylic acids is 1. The summed E-state index contributed by atoms with van der Waals surface area (Å²) in [6.07, 6.45) is 2.25. The summed E-state index contributed by atoms with van der Waals surface area (Å²) in [4.78, 5) is 24.5. The summed E-state index contributed by atoms with van der Waals surface area (Å²) >= 11 is 0. The van der Waals surface area contributed by atoms with Crippen molar-refractivity contribution in [3.63, 3.8) is 0 Å². The Morgan fingerprint density at radius 2 is 2.00 bits per heavy atom. The molecule has 3 fully saturated rings. The predicted octanol–water partition coefficient (Wildman–Crippen LogP) is -0.147. The summed E-state index contributed by atoms with van der Waals surface area (Å²) in [6.45, 7) is 4.59. The van der Waals surface area contributed by atoms with Crippen molar-refractivity contribution < 1.29 is 14.7 Å². The van der Waals surface area contributed by atoms with Crippen molar-refractivity contribution in [1.82, 2.24) is 15.5 Å². The van der Waals surface area contributed by atoms with Crippen LogP contribution in [0.4, 0.5) is 4.79 Å². The monoisotopic (exact) mass is 241 g/mol. The number of rotatable bonds is 3. The molecule has 2 amide bonds. The molecule has 3 aliphatic heterocycles. The highest BCUT2D eigenvalue weighted by Gasteiger charge is 2.35. The van der Waals surface area contributed by atoms with Crippen molar-refractivity contribution in [1.29, 1.82) is 0 Å². The van der Waals surface area contributed by atoms with Crippen molar-refractivity contribution >= 4 is 12.0 Å². The van der Waals surface area contributed by atoms with E-state index in [-0.39, 0.29) is 12.1 Å². The Morgan fingerprint density at radius 3 is 2.47 bits per heavy atom. The Hall–Kier alpha value is -1.30. The number of nitrogens with zero attached hydrogens (tertiary/aromatic N) is 1. The van der Waals surface area contributed by atoms with Gasteiger partial charge >= 0.3 is 12.0 Å². The first-order chi connectivity index (χ1) is 8.06. The number of aliphatic carboxylic acids is 1. The summed E-state index contributed by atoms with van der Waals surface area (Å²) in [7, 11) is 0. The Kier molecular flexibility index (Phi) is 3.51. The lowest BCUT2D eigenvalue weighted by Gasteiger charge is -2.44. The van der Waals surface area contributed by atoms with Crippen LogP contribution in [0.2, 0.25) is 0 Å². The Balaban J connectivity index is 1.81. The van der Waals surface area contributed by atoms with Gasteiger partial charge in [0.25, 0.3) is 0 Å². The second kappa shape index (κ2) is 4.91. The van der Waals surface area contributed by atoms with Crippen LogP contribution in [-0.2, 0) is 4.79 Å². The quantitative estimate of drug-likeness (QED) is 0.642. The van der Waals surface area contributed by atoms with Crippen molar-refractivity contribution in [2.45, 2.75) is 31.8 Å². The average Bonchev–Trinajstić information content (AvgIpc) is 2.30. The maximum atomic E-state index is 11.6. The van der Waals surface area contributed by atoms with Crippen LogP contribution in [0, 0.1) is 5.92 Å². The van der Waals surface area contributed by atoms with E-state index in [1.807, 2.05) is 0 Å². The maximum absolute atomic E-state index is 11.6. The summed E-state index contributed by atoms with van der Waals surface area (Å²) in [5, 5.41) is 14.0. The molecule has 2 bridgehead atoms. The first kappa shape index (κ1) is 12.2. The molecule has 6 nitrogen and oxygen atoms in total. The van der Waals surface area contributed by atoms with Crippen LogP contribution < -0.4 is 10.6 Å². The van der Waals surface area contributed by atoms with Crippen LogP contribution in [0.3, 0.4) is 0 Å². The first-order valence-corrected chi connectivity index (χ1v) is 6.08. The van der Waals surface area contributed by atoms with Gasteiger partial charge in [-0.15, -0.1) is 0 Å². The van der Waals surface area contributed by atoms with E-state index in [2.05, 4.69) is 15.5 Å². The molecule has 0 aromatic carbocycles. The Labute approximate surface area is 100 Å². The highest BCUT2D eigenvalue weighted by molar-refractivity contribution is 5.82. The zero-order valence-electron chi connectivity index (χ0n) is 9.98. The van der Waals surface area contributed by atoms with Gasteiger partial charge in [0.15, 0.2) is 0 Å². The molecular weight excluding hydrogens is 222 g/mol. The van der Waals surface area contributed by atoms with Crippen LogP contribution in [0.1, 0.15) is 19.8 Å². The van der Waals surface area contributed by atoms with Crippen molar-refractivity contribution in [3.8, 4) is 0 Å².